The van der Waals surface area contributed by atoms with Crippen LogP contribution < -0.4 is 15.1 Å². The first-order valence-corrected chi connectivity index (χ1v) is 9.64. The number of fused-ring (bicyclic) bond motifs is 1. The maximum Gasteiger partial charge on any atom is 0.230 e. The van der Waals surface area contributed by atoms with Gasteiger partial charge in [-0.1, -0.05) is 49.4 Å². The predicted molar refractivity (Wildman–Crippen MR) is 106 cm³/mol. The number of para-hydroxylation sites is 2. The van der Waals surface area contributed by atoms with E-state index in [0.29, 0.717) is 5.92 Å². The van der Waals surface area contributed by atoms with E-state index in [-0.39, 0.29) is 11.8 Å². The molecule has 2 aromatic rings. The predicted octanol–water partition coefficient (Wildman–Crippen LogP) is 3.29. The molecule has 1 saturated heterocycles. The van der Waals surface area contributed by atoms with Gasteiger partial charge in [-0.05, 0) is 43.1 Å². The average molecular weight is 349 g/mol. The summed E-state index contributed by atoms with van der Waals surface area (Å²) < 4.78 is 0. The average Bonchev–Trinajstić information content (AvgIpc) is 2.80. The standard InChI is InChI=1S/C22H27N3O/c1-17(19-14-23-15-19)22(26)25-13-7-12-24(16-18-8-3-2-4-9-18)20-10-5-6-11-21(20)25/h2-6,8-11,17,19,23H,7,12-16H2,1H3. The Kier molecular flexibility index (Phi) is 4.93. The molecule has 1 atom stereocenters. The number of anilines is 2. The Morgan fingerprint density at radius 3 is 2.42 bits per heavy atom. The number of rotatable bonds is 4. The van der Waals surface area contributed by atoms with Gasteiger partial charge in [0.2, 0.25) is 5.91 Å². The van der Waals surface area contributed by atoms with Crippen molar-refractivity contribution in [2.75, 3.05) is 36.0 Å². The number of nitrogens with one attached hydrogen (secondary N) is 1. The van der Waals surface area contributed by atoms with E-state index in [4.69, 9.17) is 0 Å². The minimum absolute atomic E-state index is 0.0741. The van der Waals surface area contributed by atoms with Crippen molar-refractivity contribution in [3.05, 3.63) is 60.2 Å². The van der Waals surface area contributed by atoms with E-state index in [9.17, 15) is 4.79 Å². The highest BCUT2D eigenvalue weighted by Crippen LogP contribution is 2.34. The first-order chi connectivity index (χ1) is 12.7. The Balaban J connectivity index is 1.61. The van der Waals surface area contributed by atoms with Gasteiger partial charge in [-0.15, -0.1) is 0 Å². The lowest BCUT2D eigenvalue weighted by atomic mass is 9.87. The molecule has 0 bridgehead atoms. The van der Waals surface area contributed by atoms with Gasteiger partial charge in [0.15, 0.2) is 0 Å². The molecule has 26 heavy (non-hydrogen) atoms. The minimum Gasteiger partial charge on any atom is -0.365 e. The molecule has 2 heterocycles. The zero-order valence-electron chi connectivity index (χ0n) is 15.4. The fourth-order valence-electron chi connectivity index (χ4n) is 3.93. The molecule has 1 unspecified atom stereocenters. The summed E-state index contributed by atoms with van der Waals surface area (Å²) >= 11 is 0. The lowest BCUT2D eigenvalue weighted by Crippen LogP contribution is -2.50. The van der Waals surface area contributed by atoms with E-state index in [0.717, 1.165) is 44.8 Å². The Hall–Kier alpha value is -2.33. The highest BCUT2D eigenvalue weighted by Gasteiger charge is 2.34. The molecule has 2 aliphatic heterocycles. The number of hydrogen-bond donors (Lipinski definition) is 1. The Morgan fingerprint density at radius 2 is 1.73 bits per heavy atom. The molecule has 1 fully saturated rings. The van der Waals surface area contributed by atoms with Gasteiger partial charge in [0.1, 0.15) is 0 Å². The van der Waals surface area contributed by atoms with Crippen molar-refractivity contribution in [3.63, 3.8) is 0 Å². The molecular formula is C22H27N3O. The molecule has 1 amide bonds. The molecule has 0 aromatic heterocycles. The summed E-state index contributed by atoms with van der Waals surface area (Å²) in [6, 6.07) is 18.9. The summed E-state index contributed by atoms with van der Waals surface area (Å²) in [4.78, 5) is 17.6. The van der Waals surface area contributed by atoms with Crippen LogP contribution in [-0.2, 0) is 11.3 Å². The number of nitrogens with zero attached hydrogens (tertiary/aromatic N) is 2. The van der Waals surface area contributed by atoms with Crippen LogP contribution in [0, 0.1) is 11.8 Å². The minimum atomic E-state index is 0.0741. The van der Waals surface area contributed by atoms with Crippen molar-refractivity contribution >= 4 is 17.3 Å². The quantitative estimate of drug-likeness (QED) is 0.920. The van der Waals surface area contributed by atoms with Crippen molar-refractivity contribution in [1.29, 1.82) is 0 Å². The molecule has 1 N–H and O–H groups in total. The molecule has 0 radical (unpaired) electrons. The molecule has 0 saturated carbocycles. The normalized spacial score (nSPS) is 18.7. The fourth-order valence-corrected chi connectivity index (χ4v) is 3.93. The van der Waals surface area contributed by atoms with E-state index in [1.54, 1.807) is 0 Å². The van der Waals surface area contributed by atoms with Crippen molar-refractivity contribution < 1.29 is 4.79 Å². The highest BCUT2D eigenvalue weighted by atomic mass is 16.2. The number of benzene rings is 2. The topological polar surface area (TPSA) is 35.6 Å². The number of carbonyl (C=O) groups excluding carboxylic acids is 1. The lowest BCUT2D eigenvalue weighted by molar-refractivity contribution is -0.124. The molecule has 0 spiro atoms. The Labute approximate surface area is 155 Å². The first-order valence-electron chi connectivity index (χ1n) is 9.64. The summed E-state index contributed by atoms with van der Waals surface area (Å²) in [5.41, 5.74) is 3.53. The van der Waals surface area contributed by atoms with E-state index in [1.165, 1.54) is 11.3 Å². The third kappa shape index (κ3) is 3.34. The van der Waals surface area contributed by atoms with Crippen LogP contribution >= 0.6 is 0 Å². The number of hydrogen-bond acceptors (Lipinski definition) is 3. The SMILES string of the molecule is CC(C(=O)N1CCCN(Cc2ccccc2)c2ccccc21)C1CNC1. The highest BCUT2D eigenvalue weighted by molar-refractivity contribution is 5.98. The van der Waals surface area contributed by atoms with E-state index < -0.39 is 0 Å². The van der Waals surface area contributed by atoms with Gasteiger partial charge in [-0.3, -0.25) is 4.79 Å². The third-order valence-corrected chi connectivity index (χ3v) is 5.71. The largest absolute Gasteiger partial charge is 0.365 e. The van der Waals surface area contributed by atoms with Gasteiger partial charge in [-0.25, -0.2) is 0 Å². The van der Waals surface area contributed by atoms with Gasteiger partial charge < -0.3 is 15.1 Å². The molecule has 0 aliphatic carbocycles. The second-order valence-corrected chi connectivity index (χ2v) is 7.45. The smallest absolute Gasteiger partial charge is 0.230 e. The summed E-state index contributed by atoms with van der Waals surface area (Å²) in [5, 5.41) is 3.29. The van der Waals surface area contributed by atoms with Gasteiger partial charge in [0.05, 0.1) is 11.4 Å². The van der Waals surface area contributed by atoms with E-state index >= 15 is 0 Å². The van der Waals surface area contributed by atoms with E-state index in [2.05, 4.69) is 65.7 Å². The Bertz CT molecular complexity index is 757. The van der Waals surface area contributed by atoms with Crippen LogP contribution in [-0.4, -0.2) is 32.1 Å². The molecule has 2 aliphatic rings. The van der Waals surface area contributed by atoms with Crippen molar-refractivity contribution in [3.8, 4) is 0 Å². The molecule has 2 aromatic carbocycles. The number of carbonyl (C=O) groups is 1. The summed E-state index contributed by atoms with van der Waals surface area (Å²) in [6.45, 7) is 6.65. The van der Waals surface area contributed by atoms with Crippen molar-refractivity contribution in [1.82, 2.24) is 5.32 Å². The maximum absolute atomic E-state index is 13.2. The van der Waals surface area contributed by atoms with E-state index in [1.807, 2.05) is 11.0 Å². The zero-order valence-corrected chi connectivity index (χ0v) is 15.4. The molecule has 4 nitrogen and oxygen atoms in total. The van der Waals surface area contributed by atoms with Crippen LogP contribution in [0.25, 0.3) is 0 Å². The van der Waals surface area contributed by atoms with Crippen molar-refractivity contribution in [2.45, 2.75) is 19.9 Å². The third-order valence-electron chi connectivity index (χ3n) is 5.71. The van der Waals surface area contributed by atoms with Crippen LogP contribution in [0.4, 0.5) is 11.4 Å². The summed E-state index contributed by atoms with van der Waals surface area (Å²) in [7, 11) is 0. The van der Waals surface area contributed by atoms with Gasteiger partial charge in [-0.2, -0.15) is 0 Å². The van der Waals surface area contributed by atoms with Crippen LogP contribution in [0.2, 0.25) is 0 Å². The monoisotopic (exact) mass is 349 g/mol. The number of amides is 1. The van der Waals surface area contributed by atoms with Gasteiger partial charge >= 0.3 is 0 Å². The molecular weight excluding hydrogens is 322 g/mol. The van der Waals surface area contributed by atoms with Crippen LogP contribution in [0.15, 0.2) is 54.6 Å². The van der Waals surface area contributed by atoms with Gasteiger partial charge in [0.25, 0.3) is 0 Å². The first kappa shape index (κ1) is 17.1. The van der Waals surface area contributed by atoms with Gasteiger partial charge in [0, 0.05) is 25.6 Å². The Morgan fingerprint density at radius 1 is 1.04 bits per heavy atom. The lowest BCUT2D eigenvalue weighted by Gasteiger charge is -2.35. The second-order valence-electron chi connectivity index (χ2n) is 7.45. The van der Waals surface area contributed by atoms with Crippen molar-refractivity contribution in [2.24, 2.45) is 11.8 Å². The van der Waals surface area contributed by atoms with Crippen LogP contribution in [0.5, 0.6) is 0 Å². The zero-order chi connectivity index (χ0) is 17.9. The molecule has 4 heteroatoms. The van der Waals surface area contributed by atoms with Crippen LogP contribution in [0.1, 0.15) is 18.9 Å². The fraction of sp³-hybridized carbons (Fsp3) is 0.409. The van der Waals surface area contributed by atoms with Crippen LogP contribution in [0.3, 0.4) is 0 Å². The molecule has 136 valence electrons. The second kappa shape index (κ2) is 7.50. The summed E-state index contributed by atoms with van der Waals surface area (Å²) in [6.07, 6.45) is 0.989. The summed E-state index contributed by atoms with van der Waals surface area (Å²) in [5.74, 6) is 0.814. The maximum atomic E-state index is 13.2. The molecule has 4 rings (SSSR count).